The number of hydrogen-bond acceptors (Lipinski definition) is 3. The molecule has 0 radical (unpaired) electrons. The second kappa shape index (κ2) is 9.72. The Balaban J connectivity index is 2.55. The van der Waals surface area contributed by atoms with Crippen molar-refractivity contribution < 1.29 is 13.9 Å². The minimum Gasteiger partial charge on any atom is -0.493 e. The van der Waals surface area contributed by atoms with Gasteiger partial charge in [-0.2, -0.15) is 0 Å². The van der Waals surface area contributed by atoms with Gasteiger partial charge in [0.1, 0.15) is 11.6 Å². The number of halogens is 1. The van der Waals surface area contributed by atoms with Gasteiger partial charge in [-0.25, -0.2) is 4.39 Å². The zero-order chi connectivity index (χ0) is 14.8. The molecular weight excluding hydrogens is 257 g/mol. The molecule has 0 saturated carbocycles. The van der Waals surface area contributed by atoms with E-state index in [2.05, 4.69) is 19.2 Å². The molecule has 114 valence electrons. The predicted molar refractivity (Wildman–Crippen MR) is 79.5 cm³/mol. The summed E-state index contributed by atoms with van der Waals surface area (Å²) in [6, 6.07) is 4.68. The van der Waals surface area contributed by atoms with E-state index in [1.54, 1.807) is 13.2 Å². The highest BCUT2D eigenvalue weighted by Crippen LogP contribution is 2.21. The zero-order valence-corrected chi connectivity index (χ0v) is 12.7. The minimum atomic E-state index is -0.234. The zero-order valence-electron chi connectivity index (χ0n) is 12.7. The summed E-state index contributed by atoms with van der Waals surface area (Å²) in [7, 11) is 1.66. The van der Waals surface area contributed by atoms with Gasteiger partial charge in [0.05, 0.1) is 13.2 Å². The van der Waals surface area contributed by atoms with Gasteiger partial charge in [0.15, 0.2) is 0 Å². The summed E-state index contributed by atoms with van der Waals surface area (Å²) >= 11 is 0. The van der Waals surface area contributed by atoms with Crippen LogP contribution in [0, 0.1) is 11.7 Å². The van der Waals surface area contributed by atoms with Gasteiger partial charge in [0.25, 0.3) is 0 Å². The topological polar surface area (TPSA) is 30.5 Å². The van der Waals surface area contributed by atoms with E-state index in [-0.39, 0.29) is 5.82 Å². The van der Waals surface area contributed by atoms with Crippen LogP contribution in [0.2, 0.25) is 0 Å². The summed E-state index contributed by atoms with van der Waals surface area (Å²) in [4.78, 5) is 0. The largest absolute Gasteiger partial charge is 0.493 e. The second-order valence-corrected chi connectivity index (χ2v) is 5.13. The van der Waals surface area contributed by atoms with E-state index >= 15 is 0 Å². The standard InChI is InChI=1S/C16H26FNO2/c1-4-5-13(2)12-20-16-7-6-15(17)10-14(16)11-18-8-9-19-3/h6-7,10,13,18H,4-5,8-9,11-12H2,1-3H3. The van der Waals surface area contributed by atoms with Gasteiger partial charge in [0, 0.05) is 25.8 Å². The highest BCUT2D eigenvalue weighted by atomic mass is 19.1. The molecule has 1 aromatic rings. The van der Waals surface area contributed by atoms with Crippen LogP contribution in [0.5, 0.6) is 5.75 Å². The van der Waals surface area contributed by atoms with Crippen molar-refractivity contribution in [1.82, 2.24) is 5.32 Å². The first-order chi connectivity index (χ1) is 9.67. The first-order valence-electron chi connectivity index (χ1n) is 7.28. The maximum absolute atomic E-state index is 13.3. The average molecular weight is 283 g/mol. The van der Waals surface area contributed by atoms with E-state index in [0.717, 1.165) is 30.7 Å². The molecule has 0 amide bonds. The quantitative estimate of drug-likeness (QED) is 0.668. The average Bonchev–Trinajstić information content (AvgIpc) is 2.43. The van der Waals surface area contributed by atoms with Crippen LogP contribution in [0.4, 0.5) is 4.39 Å². The van der Waals surface area contributed by atoms with E-state index in [4.69, 9.17) is 9.47 Å². The van der Waals surface area contributed by atoms with Crippen LogP contribution < -0.4 is 10.1 Å². The Bertz CT molecular complexity index is 385. The van der Waals surface area contributed by atoms with E-state index in [1.807, 2.05) is 0 Å². The van der Waals surface area contributed by atoms with Gasteiger partial charge in [0.2, 0.25) is 0 Å². The van der Waals surface area contributed by atoms with Crippen molar-refractivity contribution >= 4 is 0 Å². The van der Waals surface area contributed by atoms with E-state index in [1.165, 1.54) is 12.1 Å². The van der Waals surface area contributed by atoms with Gasteiger partial charge in [-0.15, -0.1) is 0 Å². The number of nitrogens with one attached hydrogen (secondary N) is 1. The van der Waals surface area contributed by atoms with Gasteiger partial charge in [-0.05, 0) is 30.5 Å². The Hall–Kier alpha value is -1.13. The summed E-state index contributed by atoms with van der Waals surface area (Å²) in [5, 5.41) is 3.21. The molecule has 0 aromatic heterocycles. The molecular formula is C16H26FNO2. The number of methoxy groups -OCH3 is 1. The Morgan fingerprint density at radius 2 is 2.15 bits per heavy atom. The Morgan fingerprint density at radius 3 is 2.85 bits per heavy atom. The molecule has 0 heterocycles. The summed E-state index contributed by atoms with van der Waals surface area (Å²) < 4.78 is 24.1. The summed E-state index contributed by atoms with van der Waals surface area (Å²) in [5.74, 6) is 1.04. The van der Waals surface area contributed by atoms with E-state index in [9.17, 15) is 4.39 Å². The van der Waals surface area contributed by atoms with Gasteiger partial charge in [-0.1, -0.05) is 20.3 Å². The van der Waals surface area contributed by atoms with Crippen LogP contribution in [0.3, 0.4) is 0 Å². The Morgan fingerprint density at radius 1 is 1.35 bits per heavy atom. The van der Waals surface area contributed by atoms with E-state index in [0.29, 0.717) is 25.7 Å². The van der Waals surface area contributed by atoms with Gasteiger partial charge < -0.3 is 14.8 Å². The van der Waals surface area contributed by atoms with Crippen LogP contribution in [0.1, 0.15) is 32.3 Å². The molecule has 0 fully saturated rings. The monoisotopic (exact) mass is 283 g/mol. The van der Waals surface area contributed by atoms with Crippen molar-refractivity contribution in [3.8, 4) is 5.75 Å². The lowest BCUT2D eigenvalue weighted by atomic mass is 10.1. The Labute approximate surface area is 121 Å². The van der Waals surface area contributed by atoms with Crippen molar-refractivity contribution in [3.63, 3.8) is 0 Å². The van der Waals surface area contributed by atoms with Crippen molar-refractivity contribution in [2.45, 2.75) is 33.2 Å². The maximum atomic E-state index is 13.3. The molecule has 3 nitrogen and oxygen atoms in total. The molecule has 1 N–H and O–H groups in total. The third kappa shape index (κ3) is 6.35. The van der Waals surface area contributed by atoms with Gasteiger partial charge in [-0.3, -0.25) is 0 Å². The molecule has 1 atom stereocenters. The van der Waals surface area contributed by atoms with Crippen molar-refractivity contribution in [2.24, 2.45) is 5.92 Å². The first kappa shape index (κ1) is 16.9. The normalized spacial score (nSPS) is 12.4. The molecule has 0 aliphatic carbocycles. The van der Waals surface area contributed by atoms with Crippen LogP contribution in [0.15, 0.2) is 18.2 Å². The van der Waals surface area contributed by atoms with E-state index < -0.39 is 0 Å². The molecule has 0 aliphatic heterocycles. The maximum Gasteiger partial charge on any atom is 0.123 e. The first-order valence-corrected chi connectivity index (χ1v) is 7.28. The lowest BCUT2D eigenvalue weighted by Gasteiger charge is -2.15. The fourth-order valence-electron chi connectivity index (χ4n) is 2.03. The highest BCUT2D eigenvalue weighted by molar-refractivity contribution is 5.33. The number of benzene rings is 1. The smallest absolute Gasteiger partial charge is 0.123 e. The molecule has 0 bridgehead atoms. The molecule has 0 saturated heterocycles. The van der Waals surface area contributed by atoms with Crippen LogP contribution in [-0.4, -0.2) is 26.9 Å². The number of rotatable bonds is 10. The Kier molecular flexibility index (Phi) is 8.23. The van der Waals surface area contributed by atoms with Gasteiger partial charge >= 0.3 is 0 Å². The summed E-state index contributed by atoms with van der Waals surface area (Å²) in [5.41, 5.74) is 0.852. The fraction of sp³-hybridized carbons (Fsp3) is 0.625. The van der Waals surface area contributed by atoms with Crippen molar-refractivity contribution in [1.29, 1.82) is 0 Å². The summed E-state index contributed by atoms with van der Waals surface area (Å²) in [6.45, 7) is 6.96. The van der Waals surface area contributed by atoms with Crippen molar-refractivity contribution in [3.05, 3.63) is 29.6 Å². The van der Waals surface area contributed by atoms with Crippen LogP contribution in [-0.2, 0) is 11.3 Å². The molecule has 0 aliphatic rings. The minimum absolute atomic E-state index is 0.234. The fourth-order valence-corrected chi connectivity index (χ4v) is 2.03. The lowest BCUT2D eigenvalue weighted by molar-refractivity contribution is 0.198. The predicted octanol–water partition coefficient (Wildman–Crippen LogP) is 3.38. The second-order valence-electron chi connectivity index (χ2n) is 5.13. The highest BCUT2D eigenvalue weighted by Gasteiger charge is 2.08. The third-order valence-corrected chi connectivity index (χ3v) is 3.13. The number of hydrogen-bond donors (Lipinski definition) is 1. The number of ether oxygens (including phenoxy) is 2. The molecule has 20 heavy (non-hydrogen) atoms. The van der Waals surface area contributed by atoms with Crippen LogP contribution in [0.25, 0.3) is 0 Å². The molecule has 0 spiro atoms. The third-order valence-electron chi connectivity index (χ3n) is 3.13. The van der Waals surface area contributed by atoms with Crippen LogP contribution >= 0.6 is 0 Å². The lowest BCUT2D eigenvalue weighted by Crippen LogP contribution is -2.19. The molecule has 1 aromatic carbocycles. The molecule has 4 heteroatoms. The molecule has 1 unspecified atom stereocenters. The SMILES string of the molecule is CCCC(C)COc1ccc(F)cc1CNCCOC. The van der Waals surface area contributed by atoms with Crippen molar-refractivity contribution in [2.75, 3.05) is 26.9 Å². The molecule has 1 rings (SSSR count). The summed E-state index contributed by atoms with van der Waals surface area (Å²) in [6.07, 6.45) is 2.29.